The van der Waals surface area contributed by atoms with E-state index in [1.54, 1.807) is 0 Å². The first-order valence-electron chi connectivity index (χ1n) is 6.64. The van der Waals surface area contributed by atoms with Gasteiger partial charge in [-0.05, 0) is 25.2 Å². The Kier molecular flexibility index (Phi) is 4.78. The quantitative estimate of drug-likeness (QED) is 0.569. The largest absolute Gasteiger partial charge is 0.257 e. The van der Waals surface area contributed by atoms with Crippen molar-refractivity contribution in [1.29, 1.82) is 0 Å². The van der Waals surface area contributed by atoms with Crippen LogP contribution in [0.15, 0.2) is 0 Å². The van der Waals surface area contributed by atoms with Crippen LogP contribution in [0.3, 0.4) is 0 Å². The van der Waals surface area contributed by atoms with Crippen molar-refractivity contribution in [2.75, 3.05) is 17.3 Å². The summed E-state index contributed by atoms with van der Waals surface area (Å²) in [5.41, 5.74) is 0.320. The summed E-state index contributed by atoms with van der Waals surface area (Å²) in [6.07, 6.45) is 9.39. The van der Waals surface area contributed by atoms with Gasteiger partial charge in [-0.2, -0.15) is 0 Å². The molecule has 0 aliphatic carbocycles. The first-order chi connectivity index (χ1) is 8.55. The van der Waals surface area contributed by atoms with Crippen molar-refractivity contribution in [1.82, 2.24) is 0 Å². The minimum absolute atomic E-state index is 0.00869. The maximum absolute atomic E-state index is 12.6. The zero-order valence-corrected chi connectivity index (χ0v) is 13.7. The molecule has 0 saturated carbocycles. The summed E-state index contributed by atoms with van der Waals surface area (Å²) < 4.78 is 12.6. The van der Waals surface area contributed by atoms with E-state index in [1.165, 1.54) is 11.5 Å². The normalized spacial score (nSPS) is 38.9. The molecule has 102 valence electrons. The van der Waals surface area contributed by atoms with Gasteiger partial charge in [0, 0.05) is 39.9 Å². The molecule has 0 radical (unpaired) electrons. The Morgan fingerprint density at radius 2 is 2.00 bits per heavy atom. The van der Waals surface area contributed by atoms with E-state index in [9.17, 15) is 4.21 Å². The van der Waals surface area contributed by atoms with Crippen molar-refractivity contribution in [3.63, 3.8) is 0 Å². The Hall–Kier alpha value is 0.410. The smallest absolute Gasteiger partial charge is 0.136 e. The van der Waals surface area contributed by atoms with Crippen molar-refractivity contribution < 1.29 is 4.21 Å². The number of rotatable bonds is 5. The summed E-state index contributed by atoms with van der Waals surface area (Å²) in [5.74, 6) is 6.63. The molecule has 3 heterocycles. The first kappa shape index (κ1) is 14.8. The molecule has 1 atom stereocenters. The molecule has 1 unspecified atom stereocenters. The second-order valence-corrected chi connectivity index (χ2v) is 10.7. The highest BCUT2D eigenvalue weighted by molar-refractivity contribution is 8.31. The van der Waals surface area contributed by atoms with Crippen LogP contribution in [0, 0.1) is 23.7 Å². The molecule has 3 fully saturated rings. The van der Waals surface area contributed by atoms with E-state index in [0.717, 1.165) is 31.4 Å². The third-order valence-electron chi connectivity index (χ3n) is 4.20. The molecule has 18 heavy (non-hydrogen) atoms. The van der Waals surface area contributed by atoms with Crippen LogP contribution in [0.1, 0.15) is 39.5 Å². The van der Waals surface area contributed by atoms with Crippen LogP contribution < -0.4 is 0 Å². The van der Waals surface area contributed by atoms with Crippen molar-refractivity contribution in [3.05, 3.63) is 0 Å². The molecular weight excluding hydrogens is 280 g/mol. The lowest BCUT2D eigenvalue weighted by atomic mass is 9.82. The van der Waals surface area contributed by atoms with Crippen LogP contribution in [0.5, 0.6) is 0 Å². The molecule has 0 aromatic rings. The predicted octanol–water partition coefficient (Wildman–Crippen LogP) is 3.72. The van der Waals surface area contributed by atoms with E-state index in [4.69, 9.17) is 6.42 Å². The average molecular weight is 303 g/mol. The van der Waals surface area contributed by atoms with Gasteiger partial charge in [-0.25, -0.2) is 0 Å². The van der Waals surface area contributed by atoms with Gasteiger partial charge in [-0.3, -0.25) is 4.21 Å². The van der Waals surface area contributed by atoms with Gasteiger partial charge in [-0.15, -0.1) is 35.9 Å². The molecule has 0 aromatic carbocycles. The molecule has 4 heteroatoms. The van der Waals surface area contributed by atoms with Gasteiger partial charge in [-0.1, -0.05) is 13.8 Å². The SMILES string of the molecule is C#CCCCCC12SCC(C(C)C)(CS1)CS2=O. The number of hydrogen-bond acceptors (Lipinski definition) is 3. The van der Waals surface area contributed by atoms with E-state index >= 15 is 0 Å². The number of unbranched alkanes of at least 4 members (excludes halogenated alkanes) is 2. The molecule has 1 nitrogen and oxygen atoms in total. The molecule has 3 aliphatic rings. The summed E-state index contributed by atoms with van der Waals surface area (Å²) in [6, 6.07) is 0. The van der Waals surface area contributed by atoms with Crippen LogP contribution >= 0.6 is 23.5 Å². The van der Waals surface area contributed by atoms with Gasteiger partial charge in [0.2, 0.25) is 0 Å². The Labute approximate surface area is 122 Å². The highest BCUT2D eigenvalue weighted by atomic mass is 32.3. The Balaban J connectivity index is 1.97. The fourth-order valence-corrected chi connectivity index (χ4v) is 9.66. The van der Waals surface area contributed by atoms with Crippen molar-refractivity contribution in [2.45, 2.75) is 42.9 Å². The third kappa shape index (κ3) is 2.64. The monoisotopic (exact) mass is 302 g/mol. The minimum atomic E-state index is -0.678. The van der Waals surface area contributed by atoms with E-state index in [-0.39, 0.29) is 3.41 Å². The van der Waals surface area contributed by atoms with Gasteiger partial charge in [0.1, 0.15) is 3.41 Å². The molecule has 3 aliphatic heterocycles. The Bertz CT molecular complexity index is 362. The topological polar surface area (TPSA) is 17.1 Å². The summed E-state index contributed by atoms with van der Waals surface area (Å²) in [6.45, 7) is 4.56. The first-order valence-corrected chi connectivity index (χ1v) is 9.94. The predicted molar refractivity (Wildman–Crippen MR) is 85.2 cm³/mol. The van der Waals surface area contributed by atoms with Crippen LogP contribution in [0.25, 0.3) is 0 Å². The summed E-state index contributed by atoms with van der Waals surface area (Å²) in [5, 5.41) is 0. The highest BCUT2D eigenvalue weighted by Crippen LogP contribution is 2.60. The van der Waals surface area contributed by atoms with E-state index < -0.39 is 10.8 Å². The van der Waals surface area contributed by atoms with Crippen LogP contribution in [-0.2, 0) is 10.8 Å². The lowest BCUT2D eigenvalue weighted by molar-refractivity contribution is 0.297. The van der Waals surface area contributed by atoms with Crippen molar-refractivity contribution in [3.8, 4) is 12.3 Å². The molecule has 0 spiro atoms. The maximum Gasteiger partial charge on any atom is 0.136 e. The van der Waals surface area contributed by atoms with Crippen LogP contribution in [0.4, 0.5) is 0 Å². The maximum atomic E-state index is 12.6. The lowest BCUT2D eigenvalue weighted by Gasteiger charge is -2.53. The molecule has 3 rings (SSSR count). The molecule has 2 bridgehead atoms. The summed E-state index contributed by atoms with van der Waals surface area (Å²) in [7, 11) is -0.678. The average Bonchev–Trinajstić information content (AvgIpc) is 2.36. The second-order valence-electron chi connectivity index (χ2n) is 5.68. The van der Waals surface area contributed by atoms with Crippen LogP contribution in [-0.4, -0.2) is 24.9 Å². The number of hydrogen-bond donors (Lipinski definition) is 0. The lowest BCUT2D eigenvalue weighted by Crippen LogP contribution is -2.54. The van der Waals surface area contributed by atoms with Crippen molar-refractivity contribution in [2.24, 2.45) is 11.3 Å². The molecular formula is C14H22OS3. The van der Waals surface area contributed by atoms with E-state index in [0.29, 0.717) is 11.3 Å². The molecule has 0 amide bonds. The zero-order valence-electron chi connectivity index (χ0n) is 11.2. The van der Waals surface area contributed by atoms with Gasteiger partial charge in [0.15, 0.2) is 0 Å². The Morgan fingerprint density at radius 3 is 2.50 bits per heavy atom. The van der Waals surface area contributed by atoms with Crippen molar-refractivity contribution >= 4 is 34.3 Å². The molecule has 0 aromatic heterocycles. The van der Waals surface area contributed by atoms with Gasteiger partial charge in [0.05, 0.1) is 0 Å². The number of fused-ring (bicyclic) bond motifs is 3. The zero-order chi connectivity index (χ0) is 13.2. The standard InChI is InChI=1S/C14H22OS3/c1-4-5-6-7-8-14-16-9-13(10-17-14,12(2)3)11-18(14)15/h1,12H,5-11H2,2-3H3. The van der Waals surface area contributed by atoms with E-state index in [1.807, 2.05) is 23.5 Å². The summed E-state index contributed by atoms with van der Waals surface area (Å²) >= 11 is 3.93. The van der Waals surface area contributed by atoms with Gasteiger partial charge in [0.25, 0.3) is 0 Å². The minimum Gasteiger partial charge on any atom is -0.257 e. The third-order valence-corrected chi connectivity index (χ3v) is 11.2. The highest BCUT2D eigenvalue weighted by Gasteiger charge is 2.55. The fourth-order valence-electron chi connectivity index (χ4n) is 2.50. The Morgan fingerprint density at radius 1 is 1.33 bits per heavy atom. The molecule has 0 N–H and O–H groups in total. The number of thioether (sulfide) groups is 2. The number of terminal acetylenes is 1. The second kappa shape index (κ2) is 5.81. The van der Waals surface area contributed by atoms with Gasteiger partial charge < -0.3 is 0 Å². The van der Waals surface area contributed by atoms with Gasteiger partial charge >= 0.3 is 0 Å². The molecule has 3 saturated heterocycles. The van der Waals surface area contributed by atoms with E-state index in [2.05, 4.69) is 19.8 Å². The summed E-state index contributed by atoms with van der Waals surface area (Å²) in [4.78, 5) is 0. The fraction of sp³-hybridized carbons (Fsp3) is 0.857. The van der Waals surface area contributed by atoms with Crippen LogP contribution in [0.2, 0.25) is 0 Å².